The van der Waals surface area contributed by atoms with Gasteiger partial charge in [0.2, 0.25) is 0 Å². The molecule has 0 saturated carbocycles. The lowest BCUT2D eigenvalue weighted by Crippen LogP contribution is -2.48. The molecule has 126 valence electrons. The molecule has 0 bridgehead atoms. The lowest BCUT2D eigenvalue weighted by atomic mass is 10.0. The maximum absolute atomic E-state index is 12.3. The van der Waals surface area contributed by atoms with Crippen LogP contribution in [0.15, 0.2) is 54.6 Å². The molecule has 0 aliphatic carbocycles. The third kappa shape index (κ3) is 4.36. The highest BCUT2D eigenvalue weighted by atomic mass is 16.5. The lowest BCUT2D eigenvalue weighted by Gasteiger charge is -2.32. The summed E-state index contributed by atoms with van der Waals surface area (Å²) in [7, 11) is 2.08. The Hall–Kier alpha value is -2.33. The van der Waals surface area contributed by atoms with E-state index in [4.69, 9.17) is 4.74 Å². The Morgan fingerprint density at radius 1 is 0.958 bits per heavy atom. The Balaban J connectivity index is 1.60. The topological polar surface area (TPSA) is 32.8 Å². The molecular weight excluding hydrogens is 300 g/mol. The van der Waals surface area contributed by atoms with Gasteiger partial charge in [-0.25, -0.2) is 0 Å². The molecule has 0 unspecified atom stereocenters. The fourth-order valence-electron chi connectivity index (χ4n) is 2.89. The van der Waals surface area contributed by atoms with E-state index in [0.717, 1.165) is 43.9 Å². The number of carbonyl (C=O) groups excluding carboxylic acids is 1. The number of ether oxygens (including phenoxy) is 1. The Kier molecular flexibility index (Phi) is 5.49. The zero-order valence-electron chi connectivity index (χ0n) is 14.1. The molecule has 1 heterocycles. The van der Waals surface area contributed by atoms with E-state index in [0.29, 0.717) is 0 Å². The summed E-state index contributed by atoms with van der Waals surface area (Å²) in [5.41, 5.74) is 2.34. The molecule has 24 heavy (non-hydrogen) atoms. The second-order valence-electron chi connectivity index (χ2n) is 6.24. The van der Waals surface area contributed by atoms with Crippen LogP contribution in [0.4, 0.5) is 0 Å². The van der Waals surface area contributed by atoms with E-state index in [1.807, 2.05) is 41.3 Å². The summed E-state index contributed by atoms with van der Waals surface area (Å²) in [4.78, 5) is 16.5. The normalized spacial score (nSPS) is 15.3. The average Bonchev–Trinajstić information content (AvgIpc) is 2.62. The largest absolute Gasteiger partial charge is 0.483 e. The Morgan fingerprint density at radius 2 is 1.62 bits per heavy atom. The highest BCUT2D eigenvalue weighted by Gasteiger charge is 2.19. The van der Waals surface area contributed by atoms with Gasteiger partial charge in [-0.3, -0.25) is 4.79 Å². The van der Waals surface area contributed by atoms with Crippen LogP contribution in [-0.2, 0) is 11.2 Å². The maximum atomic E-state index is 12.3. The van der Waals surface area contributed by atoms with Crippen molar-refractivity contribution in [1.82, 2.24) is 9.80 Å². The van der Waals surface area contributed by atoms with Gasteiger partial charge in [-0.1, -0.05) is 48.5 Å². The van der Waals surface area contributed by atoms with E-state index in [9.17, 15) is 4.79 Å². The summed E-state index contributed by atoms with van der Waals surface area (Å²) in [5, 5.41) is 0. The summed E-state index contributed by atoms with van der Waals surface area (Å²) in [6.45, 7) is 3.52. The van der Waals surface area contributed by atoms with Gasteiger partial charge in [0.05, 0.1) is 0 Å². The van der Waals surface area contributed by atoms with Gasteiger partial charge in [0.15, 0.2) is 6.61 Å². The van der Waals surface area contributed by atoms with Crippen molar-refractivity contribution in [3.05, 3.63) is 65.7 Å². The molecule has 0 aromatic heterocycles. The number of amides is 1. The predicted octanol–water partition coefficient (Wildman–Crippen LogP) is 2.43. The van der Waals surface area contributed by atoms with E-state index in [2.05, 4.69) is 30.1 Å². The molecule has 2 aromatic carbocycles. The number of rotatable bonds is 5. The molecule has 1 fully saturated rings. The molecule has 0 atom stereocenters. The zero-order valence-corrected chi connectivity index (χ0v) is 14.1. The third-order valence-electron chi connectivity index (χ3n) is 4.42. The Labute approximate surface area is 143 Å². The van der Waals surface area contributed by atoms with Crippen molar-refractivity contribution in [2.45, 2.75) is 6.42 Å². The minimum atomic E-state index is 0.0672. The van der Waals surface area contributed by atoms with E-state index in [1.165, 1.54) is 5.56 Å². The van der Waals surface area contributed by atoms with Crippen LogP contribution in [0.5, 0.6) is 5.75 Å². The second-order valence-corrected chi connectivity index (χ2v) is 6.24. The summed E-state index contributed by atoms with van der Waals surface area (Å²) in [6.07, 6.45) is 0.805. The molecule has 1 aliphatic rings. The molecule has 0 spiro atoms. The summed E-state index contributed by atoms with van der Waals surface area (Å²) in [6, 6.07) is 18.3. The van der Waals surface area contributed by atoms with Gasteiger partial charge in [-0.05, 0) is 24.2 Å². The fraction of sp³-hybridized carbons (Fsp3) is 0.350. The van der Waals surface area contributed by atoms with Gasteiger partial charge in [0, 0.05) is 32.6 Å². The van der Waals surface area contributed by atoms with Crippen molar-refractivity contribution in [1.29, 1.82) is 0 Å². The molecule has 0 radical (unpaired) electrons. The quantitative estimate of drug-likeness (QED) is 0.847. The van der Waals surface area contributed by atoms with E-state index in [-0.39, 0.29) is 12.5 Å². The molecule has 3 rings (SSSR count). The van der Waals surface area contributed by atoms with Crippen LogP contribution in [0.2, 0.25) is 0 Å². The summed E-state index contributed by atoms with van der Waals surface area (Å²) in [5.74, 6) is 0.862. The number of nitrogens with zero attached hydrogens (tertiary/aromatic N) is 2. The smallest absolute Gasteiger partial charge is 0.260 e. The van der Waals surface area contributed by atoms with Crippen LogP contribution in [0.25, 0.3) is 0 Å². The van der Waals surface area contributed by atoms with Gasteiger partial charge in [-0.15, -0.1) is 0 Å². The maximum Gasteiger partial charge on any atom is 0.260 e. The van der Waals surface area contributed by atoms with Crippen molar-refractivity contribution in [2.75, 3.05) is 39.8 Å². The van der Waals surface area contributed by atoms with Crippen LogP contribution < -0.4 is 4.74 Å². The first-order valence-electron chi connectivity index (χ1n) is 8.43. The second kappa shape index (κ2) is 7.97. The summed E-state index contributed by atoms with van der Waals surface area (Å²) >= 11 is 0. The standard InChI is InChI=1S/C20H24N2O2/c1-21-11-13-22(14-12-21)20(23)16-24-19-10-6-5-9-18(19)15-17-7-3-2-4-8-17/h2-10H,11-16H2,1H3. The first-order chi connectivity index (χ1) is 11.7. The van der Waals surface area contributed by atoms with Crippen molar-refractivity contribution in [3.8, 4) is 5.75 Å². The van der Waals surface area contributed by atoms with Crippen LogP contribution in [0, 0.1) is 0 Å². The first kappa shape index (κ1) is 16.5. The highest BCUT2D eigenvalue weighted by Crippen LogP contribution is 2.21. The molecular formula is C20H24N2O2. The Morgan fingerprint density at radius 3 is 2.38 bits per heavy atom. The zero-order chi connectivity index (χ0) is 16.8. The van der Waals surface area contributed by atoms with E-state index >= 15 is 0 Å². The van der Waals surface area contributed by atoms with E-state index in [1.54, 1.807) is 0 Å². The number of likely N-dealkylation sites (N-methyl/N-ethyl adjacent to an activating group) is 1. The van der Waals surface area contributed by atoms with Crippen LogP contribution in [0.1, 0.15) is 11.1 Å². The van der Waals surface area contributed by atoms with E-state index < -0.39 is 0 Å². The van der Waals surface area contributed by atoms with Crippen molar-refractivity contribution in [2.24, 2.45) is 0 Å². The summed E-state index contributed by atoms with van der Waals surface area (Å²) < 4.78 is 5.85. The number of hydrogen-bond acceptors (Lipinski definition) is 3. The van der Waals surface area contributed by atoms with Crippen LogP contribution >= 0.6 is 0 Å². The van der Waals surface area contributed by atoms with Crippen molar-refractivity contribution in [3.63, 3.8) is 0 Å². The van der Waals surface area contributed by atoms with Crippen LogP contribution in [0.3, 0.4) is 0 Å². The van der Waals surface area contributed by atoms with Gasteiger partial charge >= 0.3 is 0 Å². The lowest BCUT2D eigenvalue weighted by molar-refractivity contribution is -0.134. The molecule has 4 heteroatoms. The number of hydrogen-bond donors (Lipinski definition) is 0. The average molecular weight is 324 g/mol. The number of piperazine rings is 1. The molecule has 1 saturated heterocycles. The van der Waals surface area contributed by atoms with Gasteiger partial charge in [0.1, 0.15) is 5.75 Å². The molecule has 1 aliphatic heterocycles. The third-order valence-corrected chi connectivity index (χ3v) is 4.42. The van der Waals surface area contributed by atoms with Gasteiger partial charge < -0.3 is 14.5 Å². The van der Waals surface area contributed by atoms with Gasteiger partial charge in [0.25, 0.3) is 5.91 Å². The first-order valence-corrected chi connectivity index (χ1v) is 8.43. The highest BCUT2D eigenvalue weighted by molar-refractivity contribution is 5.78. The fourth-order valence-corrected chi connectivity index (χ4v) is 2.89. The molecule has 2 aromatic rings. The monoisotopic (exact) mass is 324 g/mol. The number of para-hydroxylation sites is 1. The van der Waals surface area contributed by atoms with Crippen LogP contribution in [-0.4, -0.2) is 55.5 Å². The number of carbonyl (C=O) groups is 1. The molecule has 4 nitrogen and oxygen atoms in total. The molecule has 1 amide bonds. The predicted molar refractivity (Wildman–Crippen MR) is 95.3 cm³/mol. The van der Waals surface area contributed by atoms with Crippen molar-refractivity contribution < 1.29 is 9.53 Å². The molecule has 0 N–H and O–H groups in total. The van der Waals surface area contributed by atoms with Gasteiger partial charge in [-0.2, -0.15) is 0 Å². The minimum absolute atomic E-state index is 0.0672. The SMILES string of the molecule is CN1CCN(C(=O)COc2ccccc2Cc2ccccc2)CC1. The Bertz CT molecular complexity index is 664. The number of benzene rings is 2. The minimum Gasteiger partial charge on any atom is -0.483 e. The van der Waals surface area contributed by atoms with Crippen molar-refractivity contribution >= 4 is 5.91 Å².